The van der Waals surface area contributed by atoms with Gasteiger partial charge in [0.15, 0.2) is 11.6 Å². The van der Waals surface area contributed by atoms with E-state index in [0.29, 0.717) is 12.4 Å². The lowest BCUT2D eigenvalue weighted by molar-refractivity contribution is 0.424. The molecule has 0 saturated carbocycles. The molecule has 0 aliphatic carbocycles. The van der Waals surface area contributed by atoms with E-state index in [1.54, 1.807) is 12.3 Å². The third-order valence-corrected chi connectivity index (χ3v) is 2.74. The third-order valence-electron chi connectivity index (χ3n) is 2.44. The number of pyridine rings is 1. The maximum absolute atomic E-state index is 13.6. The lowest BCUT2D eigenvalue weighted by Crippen LogP contribution is -2.00. The molecule has 1 aromatic heterocycles. The monoisotopic (exact) mass is 266 g/mol. The molecule has 94 valence electrons. The second-order valence-electron chi connectivity index (χ2n) is 3.82. The second-order valence-corrected chi connectivity index (χ2v) is 4.23. The van der Waals surface area contributed by atoms with Crippen molar-refractivity contribution in [1.29, 1.82) is 0 Å². The summed E-state index contributed by atoms with van der Waals surface area (Å²) in [5.41, 5.74) is 7.17. The average Bonchev–Trinajstić information content (AvgIpc) is 2.35. The van der Waals surface area contributed by atoms with Crippen molar-refractivity contribution in [3.8, 4) is 11.6 Å². The lowest BCUT2D eigenvalue weighted by atomic mass is 10.2. The summed E-state index contributed by atoms with van der Waals surface area (Å²) in [5.74, 6) is -0.221. The Bertz CT molecular complexity index is 555. The summed E-state index contributed by atoms with van der Waals surface area (Å²) in [7, 11) is 0. The number of nitrogens with two attached hydrogens (primary N) is 1. The van der Waals surface area contributed by atoms with Crippen molar-refractivity contribution >= 4 is 11.6 Å². The average molecular weight is 267 g/mol. The first-order valence-corrected chi connectivity index (χ1v) is 5.77. The van der Waals surface area contributed by atoms with Gasteiger partial charge in [-0.2, -0.15) is 0 Å². The maximum atomic E-state index is 13.6. The quantitative estimate of drug-likeness (QED) is 0.926. The third kappa shape index (κ3) is 2.60. The van der Waals surface area contributed by atoms with E-state index in [4.69, 9.17) is 22.1 Å². The fourth-order valence-corrected chi connectivity index (χ4v) is 1.72. The molecule has 2 aromatic rings. The molecule has 0 aliphatic heterocycles. The first kappa shape index (κ1) is 12.8. The highest BCUT2D eigenvalue weighted by Gasteiger charge is 2.11. The van der Waals surface area contributed by atoms with Gasteiger partial charge < -0.3 is 10.5 Å². The Balaban J connectivity index is 2.34. The number of halogens is 2. The highest BCUT2D eigenvalue weighted by molar-refractivity contribution is 6.32. The van der Waals surface area contributed by atoms with Crippen molar-refractivity contribution in [1.82, 2.24) is 4.98 Å². The fourth-order valence-electron chi connectivity index (χ4n) is 1.52. The smallest absolute Gasteiger partial charge is 0.222 e. The standard InChI is InChI=1S/C13H12ClFN2O/c1-8-5-9(6-16)7-17-13(8)18-12-10(14)3-2-4-11(12)15/h2-5,7H,6,16H2,1H3. The largest absolute Gasteiger partial charge is 0.434 e. The van der Waals surface area contributed by atoms with Crippen LogP contribution in [0.4, 0.5) is 4.39 Å². The van der Waals surface area contributed by atoms with Gasteiger partial charge in [0.25, 0.3) is 0 Å². The van der Waals surface area contributed by atoms with E-state index in [1.807, 2.05) is 13.0 Å². The highest BCUT2D eigenvalue weighted by atomic mass is 35.5. The van der Waals surface area contributed by atoms with Crippen LogP contribution in [0.25, 0.3) is 0 Å². The van der Waals surface area contributed by atoms with E-state index >= 15 is 0 Å². The SMILES string of the molecule is Cc1cc(CN)cnc1Oc1c(F)cccc1Cl. The van der Waals surface area contributed by atoms with Gasteiger partial charge in [-0.15, -0.1) is 0 Å². The zero-order chi connectivity index (χ0) is 13.1. The molecule has 2 N–H and O–H groups in total. The first-order valence-electron chi connectivity index (χ1n) is 5.39. The van der Waals surface area contributed by atoms with Crippen LogP contribution in [0.15, 0.2) is 30.5 Å². The zero-order valence-electron chi connectivity index (χ0n) is 9.78. The summed E-state index contributed by atoms with van der Waals surface area (Å²) >= 11 is 5.88. The molecule has 0 fully saturated rings. The first-order chi connectivity index (χ1) is 8.61. The molecular formula is C13H12ClFN2O. The molecule has 0 saturated heterocycles. The molecule has 0 amide bonds. The molecule has 0 spiro atoms. The minimum Gasteiger partial charge on any atom is -0.434 e. The van der Waals surface area contributed by atoms with Crippen LogP contribution >= 0.6 is 11.6 Å². The Kier molecular flexibility index (Phi) is 3.79. The number of ether oxygens (including phenoxy) is 1. The number of aryl methyl sites for hydroxylation is 1. The van der Waals surface area contributed by atoms with Gasteiger partial charge in [-0.1, -0.05) is 17.7 Å². The van der Waals surface area contributed by atoms with Gasteiger partial charge >= 0.3 is 0 Å². The number of para-hydroxylation sites is 1. The lowest BCUT2D eigenvalue weighted by Gasteiger charge is -2.10. The number of hydrogen-bond acceptors (Lipinski definition) is 3. The molecule has 5 heteroatoms. The van der Waals surface area contributed by atoms with E-state index in [1.165, 1.54) is 12.1 Å². The predicted octanol–water partition coefficient (Wildman–Crippen LogP) is 3.43. The summed E-state index contributed by atoms with van der Waals surface area (Å²) < 4.78 is 19.0. The van der Waals surface area contributed by atoms with Crippen LogP contribution in [-0.4, -0.2) is 4.98 Å². The van der Waals surface area contributed by atoms with Crippen molar-refractivity contribution in [3.63, 3.8) is 0 Å². The van der Waals surface area contributed by atoms with E-state index in [2.05, 4.69) is 4.98 Å². The Labute approximate surface area is 109 Å². The summed E-state index contributed by atoms with van der Waals surface area (Å²) in [5, 5.41) is 0.208. The van der Waals surface area contributed by atoms with Crippen LogP contribution < -0.4 is 10.5 Å². The molecule has 2 rings (SSSR count). The number of rotatable bonds is 3. The van der Waals surface area contributed by atoms with Gasteiger partial charge in [0.05, 0.1) is 5.02 Å². The van der Waals surface area contributed by atoms with Gasteiger partial charge in [-0.25, -0.2) is 9.37 Å². The van der Waals surface area contributed by atoms with Crippen molar-refractivity contribution in [2.75, 3.05) is 0 Å². The zero-order valence-corrected chi connectivity index (χ0v) is 10.5. The Morgan fingerprint density at radius 3 is 2.83 bits per heavy atom. The molecule has 0 radical (unpaired) electrons. The minimum absolute atomic E-state index is 0.0183. The molecule has 0 aliphatic rings. The second kappa shape index (κ2) is 5.33. The van der Waals surface area contributed by atoms with Gasteiger partial charge in [0.2, 0.25) is 5.88 Å². The van der Waals surface area contributed by atoms with Crippen LogP contribution in [0.1, 0.15) is 11.1 Å². The number of aromatic nitrogens is 1. The van der Waals surface area contributed by atoms with Crippen molar-refractivity contribution in [2.45, 2.75) is 13.5 Å². The maximum Gasteiger partial charge on any atom is 0.222 e. The molecular weight excluding hydrogens is 255 g/mol. The normalized spacial score (nSPS) is 10.4. The molecule has 18 heavy (non-hydrogen) atoms. The van der Waals surface area contributed by atoms with Crippen LogP contribution in [0.5, 0.6) is 11.6 Å². The molecule has 0 bridgehead atoms. The van der Waals surface area contributed by atoms with Gasteiger partial charge in [-0.3, -0.25) is 0 Å². The van der Waals surface area contributed by atoms with E-state index in [-0.39, 0.29) is 10.8 Å². The van der Waals surface area contributed by atoms with Gasteiger partial charge in [0.1, 0.15) is 0 Å². The van der Waals surface area contributed by atoms with Gasteiger partial charge in [0, 0.05) is 18.3 Å². The van der Waals surface area contributed by atoms with Crippen molar-refractivity contribution in [2.24, 2.45) is 5.73 Å². The van der Waals surface area contributed by atoms with Crippen LogP contribution in [-0.2, 0) is 6.54 Å². The fraction of sp³-hybridized carbons (Fsp3) is 0.154. The number of benzene rings is 1. The Morgan fingerprint density at radius 1 is 1.44 bits per heavy atom. The van der Waals surface area contributed by atoms with Crippen LogP contribution in [0.3, 0.4) is 0 Å². The molecule has 0 atom stereocenters. The van der Waals surface area contributed by atoms with E-state index < -0.39 is 5.82 Å². The molecule has 0 unspecified atom stereocenters. The van der Waals surface area contributed by atoms with Gasteiger partial charge in [-0.05, 0) is 30.7 Å². The topological polar surface area (TPSA) is 48.1 Å². The summed E-state index contributed by atoms with van der Waals surface area (Å²) in [6, 6.07) is 6.20. The molecule has 3 nitrogen and oxygen atoms in total. The predicted molar refractivity (Wildman–Crippen MR) is 68.3 cm³/mol. The van der Waals surface area contributed by atoms with Crippen LogP contribution in [0.2, 0.25) is 5.02 Å². The van der Waals surface area contributed by atoms with E-state index in [9.17, 15) is 4.39 Å². The minimum atomic E-state index is -0.522. The number of nitrogens with zero attached hydrogens (tertiary/aromatic N) is 1. The van der Waals surface area contributed by atoms with Crippen LogP contribution in [0, 0.1) is 12.7 Å². The van der Waals surface area contributed by atoms with Crippen molar-refractivity contribution in [3.05, 3.63) is 52.4 Å². The number of hydrogen-bond donors (Lipinski definition) is 1. The Morgan fingerprint density at radius 2 is 2.22 bits per heavy atom. The summed E-state index contributed by atoms with van der Waals surface area (Å²) in [6.07, 6.45) is 1.59. The summed E-state index contributed by atoms with van der Waals surface area (Å²) in [4.78, 5) is 4.10. The van der Waals surface area contributed by atoms with E-state index in [0.717, 1.165) is 11.1 Å². The summed E-state index contributed by atoms with van der Waals surface area (Å²) in [6.45, 7) is 2.21. The molecule has 1 heterocycles. The molecule has 1 aromatic carbocycles. The van der Waals surface area contributed by atoms with Crippen molar-refractivity contribution < 1.29 is 9.13 Å². The highest BCUT2D eigenvalue weighted by Crippen LogP contribution is 2.32. The Hall–Kier alpha value is -1.65.